The molecule has 0 fully saturated rings. The highest BCUT2D eigenvalue weighted by Gasteiger charge is 2.18. The van der Waals surface area contributed by atoms with E-state index in [9.17, 15) is 9.59 Å². The summed E-state index contributed by atoms with van der Waals surface area (Å²) in [6.45, 7) is 0.190. The quantitative estimate of drug-likeness (QED) is 0.434. The lowest BCUT2D eigenvalue weighted by molar-refractivity contribution is -0.147. The van der Waals surface area contributed by atoms with Gasteiger partial charge in [0.1, 0.15) is 0 Å². The van der Waals surface area contributed by atoms with Crippen molar-refractivity contribution in [3.8, 4) is 0 Å². The van der Waals surface area contributed by atoms with Crippen LogP contribution in [-0.4, -0.2) is 30.4 Å². The predicted octanol–water partition coefficient (Wildman–Crippen LogP) is 4.55. The van der Waals surface area contributed by atoms with E-state index in [1.165, 1.54) is 11.3 Å². The van der Waals surface area contributed by atoms with Gasteiger partial charge in [-0.3, -0.25) is 4.79 Å². The molecular weight excluding hydrogens is 378 g/mol. The molecule has 6 heteroatoms. The number of hydrogen-bond donors (Lipinski definition) is 0. The molecule has 2 aromatic heterocycles. The molecule has 4 nitrogen and oxygen atoms in total. The second-order valence-electron chi connectivity index (χ2n) is 5.86. The van der Waals surface area contributed by atoms with Gasteiger partial charge in [-0.2, -0.15) is 0 Å². The van der Waals surface area contributed by atoms with E-state index in [0.29, 0.717) is 12.1 Å². The summed E-state index contributed by atoms with van der Waals surface area (Å²) in [5, 5.41) is 3.86. The van der Waals surface area contributed by atoms with Gasteiger partial charge in [-0.1, -0.05) is 42.5 Å². The maximum atomic E-state index is 12.6. The zero-order chi connectivity index (χ0) is 19.1. The highest BCUT2D eigenvalue weighted by Crippen LogP contribution is 2.25. The molecule has 0 spiro atoms. The number of benzene rings is 1. The third-order valence-corrected chi connectivity index (χ3v) is 5.57. The van der Waals surface area contributed by atoms with Crippen molar-refractivity contribution < 1.29 is 14.3 Å². The van der Waals surface area contributed by atoms with E-state index in [0.717, 1.165) is 15.3 Å². The highest BCUT2D eigenvalue weighted by molar-refractivity contribution is 7.12. The smallest absolute Gasteiger partial charge is 0.340 e. The standard InChI is InChI=1S/C21H19NO3S2/c1-22(14-16-7-3-2-4-8-16)20(23)15-25-21(24)18(19-10-6-12-27-19)13-17-9-5-11-26-17/h2-13H,14-15H2,1H3. The van der Waals surface area contributed by atoms with Crippen LogP contribution < -0.4 is 0 Å². The number of amides is 1. The largest absolute Gasteiger partial charge is 0.452 e. The number of carbonyl (C=O) groups is 2. The van der Waals surface area contributed by atoms with Crippen molar-refractivity contribution in [1.82, 2.24) is 4.90 Å². The monoisotopic (exact) mass is 397 g/mol. The van der Waals surface area contributed by atoms with E-state index in [1.807, 2.05) is 65.4 Å². The molecule has 0 aliphatic heterocycles. The van der Waals surface area contributed by atoms with E-state index in [4.69, 9.17) is 4.74 Å². The van der Waals surface area contributed by atoms with Crippen molar-refractivity contribution in [3.05, 3.63) is 80.7 Å². The molecule has 0 radical (unpaired) electrons. The normalized spacial score (nSPS) is 11.2. The second kappa shape index (κ2) is 9.30. The molecule has 1 amide bonds. The lowest BCUT2D eigenvalue weighted by Crippen LogP contribution is -2.30. The molecule has 0 N–H and O–H groups in total. The van der Waals surface area contributed by atoms with Crippen LogP contribution in [0.15, 0.2) is 65.4 Å². The van der Waals surface area contributed by atoms with Gasteiger partial charge in [0, 0.05) is 23.3 Å². The summed E-state index contributed by atoms with van der Waals surface area (Å²) in [6, 6.07) is 17.3. The van der Waals surface area contributed by atoms with Gasteiger partial charge in [-0.05, 0) is 34.5 Å². The van der Waals surface area contributed by atoms with E-state index >= 15 is 0 Å². The Bertz CT molecular complexity index is 900. The van der Waals surface area contributed by atoms with Crippen molar-refractivity contribution in [1.29, 1.82) is 0 Å². The second-order valence-corrected chi connectivity index (χ2v) is 7.79. The first-order valence-corrected chi connectivity index (χ1v) is 10.1. The molecule has 1 aromatic carbocycles. The maximum Gasteiger partial charge on any atom is 0.340 e. The van der Waals surface area contributed by atoms with Crippen LogP contribution in [0.4, 0.5) is 0 Å². The minimum atomic E-state index is -0.493. The summed E-state index contributed by atoms with van der Waals surface area (Å²) in [5.74, 6) is -0.735. The molecule has 2 heterocycles. The van der Waals surface area contributed by atoms with Crippen molar-refractivity contribution >= 4 is 46.2 Å². The molecule has 27 heavy (non-hydrogen) atoms. The summed E-state index contributed by atoms with van der Waals surface area (Å²) in [7, 11) is 1.70. The highest BCUT2D eigenvalue weighted by atomic mass is 32.1. The molecule has 0 aliphatic rings. The molecule has 0 saturated heterocycles. The Morgan fingerprint density at radius 1 is 1.00 bits per heavy atom. The molecule has 0 atom stereocenters. The minimum absolute atomic E-state index is 0.242. The van der Waals surface area contributed by atoms with Gasteiger partial charge < -0.3 is 9.64 Å². The van der Waals surface area contributed by atoms with Gasteiger partial charge in [0.05, 0.1) is 5.57 Å². The molecule has 0 saturated carbocycles. The topological polar surface area (TPSA) is 46.6 Å². The van der Waals surface area contributed by atoms with E-state index in [2.05, 4.69) is 0 Å². The Morgan fingerprint density at radius 3 is 2.41 bits per heavy atom. The minimum Gasteiger partial charge on any atom is -0.452 e. The molecular formula is C21H19NO3S2. The van der Waals surface area contributed by atoms with Gasteiger partial charge in [-0.15, -0.1) is 22.7 Å². The van der Waals surface area contributed by atoms with Crippen LogP contribution >= 0.6 is 22.7 Å². The van der Waals surface area contributed by atoms with Crippen LogP contribution in [0.25, 0.3) is 11.6 Å². The van der Waals surface area contributed by atoms with Crippen LogP contribution in [-0.2, 0) is 20.9 Å². The van der Waals surface area contributed by atoms with Gasteiger partial charge in [0.2, 0.25) is 0 Å². The first-order valence-electron chi connectivity index (χ1n) is 8.37. The molecule has 3 aromatic rings. The third kappa shape index (κ3) is 5.39. The molecule has 0 unspecified atom stereocenters. The summed E-state index contributed by atoms with van der Waals surface area (Å²) < 4.78 is 5.31. The average molecular weight is 398 g/mol. The zero-order valence-corrected chi connectivity index (χ0v) is 16.5. The molecule has 0 bridgehead atoms. The molecule has 138 valence electrons. The van der Waals surface area contributed by atoms with Gasteiger partial charge in [0.15, 0.2) is 6.61 Å². The fourth-order valence-corrected chi connectivity index (χ4v) is 3.83. The van der Waals surface area contributed by atoms with Gasteiger partial charge >= 0.3 is 5.97 Å². The van der Waals surface area contributed by atoms with Gasteiger partial charge in [-0.25, -0.2) is 4.79 Å². The predicted molar refractivity (Wildman–Crippen MR) is 110 cm³/mol. The molecule has 0 aliphatic carbocycles. The Labute approximate surface area is 166 Å². The number of nitrogens with zero attached hydrogens (tertiary/aromatic N) is 1. The van der Waals surface area contributed by atoms with Crippen LogP contribution in [0.3, 0.4) is 0 Å². The lowest BCUT2D eigenvalue weighted by atomic mass is 10.2. The van der Waals surface area contributed by atoms with Crippen LogP contribution in [0, 0.1) is 0 Å². The fraction of sp³-hybridized carbons (Fsp3) is 0.143. The summed E-state index contributed by atoms with van der Waals surface area (Å²) in [4.78, 5) is 28.2. The summed E-state index contributed by atoms with van der Waals surface area (Å²) >= 11 is 3.01. The van der Waals surface area contributed by atoms with Gasteiger partial charge in [0.25, 0.3) is 5.91 Å². The Morgan fingerprint density at radius 2 is 1.74 bits per heavy atom. The number of hydrogen-bond acceptors (Lipinski definition) is 5. The number of ether oxygens (including phenoxy) is 1. The number of esters is 1. The number of carbonyl (C=O) groups excluding carboxylic acids is 2. The van der Waals surface area contributed by atoms with Crippen LogP contribution in [0.1, 0.15) is 15.3 Å². The number of rotatable bonds is 7. The zero-order valence-electron chi connectivity index (χ0n) is 14.8. The Hall–Kier alpha value is -2.70. The van der Waals surface area contributed by atoms with Crippen LogP contribution in [0.2, 0.25) is 0 Å². The van der Waals surface area contributed by atoms with E-state index < -0.39 is 5.97 Å². The number of thiophene rings is 2. The van der Waals surface area contributed by atoms with Crippen molar-refractivity contribution in [2.24, 2.45) is 0 Å². The first-order chi connectivity index (χ1) is 13.1. The lowest BCUT2D eigenvalue weighted by Gasteiger charge is -2.17. The van der Waals surface area contributed by atoms with E-state index in [-0.39, 0.29) is 12.5 Å². The van der Waals surface area contributed by atoms with Crippen molar-refractivity contribution in [2.45, 2.75) is 6.54 Å². The fourth-order valence-electron chi connectivity index (χ4n) is 2.44. The SMILES string of the molecule is CN(Cc1ccccc1)C(=O)COC(=O)C(=Cc1cccs1)c1cccs1. The van der Waals surface area contributed by atoms with Crippen LogP contribution in [0.5, 0.6) is 0 Å². The van der Waals surface area contributed by atoms with Crippen molar-refractivity contribution in [3.63, 3.8) is 0 Å². The Balaban J connectivity index is 1.63. The first kappa shape index (κ1) is 19.1. The third-order valence-electron chi connectivity index (χ3n) is 3.85. The van der Waals surface area contributed by atoms with Crippen molar-refractivity contribution in [2.75, 3.05) is 13.7 Å². The van der Waals surface area contributed by atoms with E-state index in [1.54, 1.807) is 29.4 Å². The Kier molecular flexibility index (Phi) is 6.57. The summed E-state index contributed by atoms with van der Waals surface area (Å²) in [5.41, 5.74) is 1.49. The maximum absolute atomic E-state index is 12.6. The molecule has 3 rings (SSSR count). The average Bonchev–Trinajstić information content (AvgIpc) is 3.38. The summed E-state index contributed by atoms with van der Waals surface area (Å²) in [6.07, 6.45) is 1.80. The number of likely N-dealkylation sites (N-methyl/N-ethyl adjacent to an activating group) is 1.